The quantitative estimate of drug-likeness (QED) is 0.0711. The molecule has 15 nitrogen and oxygen atoms in total. The maximum Gasteiger partial charge on any atom is 0.326 e. The van der Waals surface area contributed by atoms with E-state index in [0.29, 0.717) is 37.2 Å². The van der Waals surface area contributed by atoms with Gasteiger partial charge in [0.2, 0.25) is 17.7 Å². The SMILES string of the molecule is NCCCCC(N)C(=O)NC(Cc1cnc[nH]1)C(=O)NC(Cc1c[nH]c2ccccc12)C(=O)NC(Cc1cnc[nH]1)C(=O)O. The Morgan fingerprint density at radius 3 is 2.00 bits per heavy atom. The zero-order valence-electron chi connectivity index (χ0n) is 24.1. The van der Waals surface area contributed by atoms with E-state index < -0.39 is 47.9 Å². The first-order chi connectivity index (χ1) is 21.2. The zero-order chi connectivity index (χ0) is 31.5. The number of hydrogen-bond donors (Lipinski definition) is 9. The molecule has 11 N–H and O–H groups in total. The lowest BCUT2D eigenvalue weighted by Gasteiger charge is -2.25. The molecule has 0 saturated carbocycles. The number of carbonyl (C=O) groups is 4. The van der Waals surface area contributed by atoms with Gasteiger partial charge in [0, 0.05) is 60.1 Å². The number of imidazole rings is 2. The number of hydrogen-bond acceptors (Lipinski definition) is 8. The summed E-state index contributed by atoms with van der Waals surface area (Å²) in [5.41, 5.74) is 14.3. The summed E-state index contributed by atoms with van der Waals surface area (Å²) in [4.78, 5) is 69.1. The van der Waals surface area contributed by atoms with Crippen LogP contribution in [0.4, 0.5) is 0 Å². The second kappa shape index (κ2) is 15.5. The van der Waals surface area contributed by atoms with Crippen molar-refractivity contribution in [1.29, 1.82) is 0 Å². The summed E-state index contributed by atoms with van der Waals surface area (Å²) < 4.78 is 0. The maximum atomic E-state index is 13.7. The maximum absolute atomic E-state index is 13.7. The molecule has 3 amide bonds. The van der Waals surface area contributed by atoms with Crippen LogP contribution in [0.2, 0.25) is 0 Å². The van der Waals surface area contributed by atoms with E-state index in [9.17, 15) is 24.3 Å². The van der Waals surface area contributed by atoms with Crippen LogP contribution in [0.5, 0.6) is 0 Å². The van der Waals surface area contributed by atoms with Crippen LogP contribution in [0, 0.1) is 0 Å². The van der Waals surface area contributed by atoms with Crippen LogP contribution < -0.4 is 27.4 Å². The van der Waals surface area contributed by atoms with Crippen molar-refractivity contribution < 1.29 is 24.3 Å². The number of carboxylic acid groups (broad SMARTS) is 1. The first kappa shape index (κ1) is 31.9. The molecule has 4 atom stereocenters. The second-order valence-electron chi connectivity index (χ2n) is 10.5. The number of aromatic amines is 3. The number of nitrogens with two attached hydrogens (primary N) is 2. The van der Waals surface area contributed by atoms with Crippen molar-refractivity contribution in [2.24, 2.45) is 11.5 Å². The van der Waals surface area contributed by atoms with Crippen LogP contribution >= 0.6 is 0 Å². The summed E-state index contributed by atoms with van der Waals surface area (Å²) in [5.74, 6) is -3.13. The van der Waals surface area contributed by atoms with Gasteiger partial charge in [0.15, 0.2) is 0 Å². The van der Waals surface area contributed by atoms with Gasteiger partial charge in [-0.25, -0.2) is 14.8 Å². The summed E-state index contributed by atoms with van der Waals surface area (Å²) in [6, 6.07) is 3.02. The number of carbonyl (C=O) groups excluding carboxylic acids is 3. The number of carboxylic acids is 1. The third-order valence-corrected chi connectivity index (χ3v) is 7.24. The first-order valence-corrected chi connectivity index (χ1v) is 14.3. The average Bonchev–Trinajstić information content (AvgIpc) is 3.79. The van der Waals surface area contributed by atoms with Gasteiger partial charge in [0.05, 0.1) is 18.7 Å². The van der Waals surface area contributed by atoms with Crippen molar-refractivity contribution in [3.63, 3.8) is 0 Å². The number of amides is 3. The highest BCUT2D eigenvalue weighted by Gasteiger charge is 2.31. The zero-order valence-corrected chi connectivity index (χ0v) is 24.1. The number of fused-ring (bicyclic) bond motifs is 1. The number of unbranched alkanes of at least 4 members (excludes halogenated alkanes) is 1. The number of aliphatic carboxylic acids is 1. The molecule has 1 aromatic carbocycles. The van der Waals surface area contributed by atoms with E-state index in [0.717, 1.165) is 16.5 Å². The van der Waals surface area contributed by atoms with Gasteiger partial charge in [-0.05, 0) is 31.0 Å². The minimum absolute atomic E-state index is 0.0430. The Labute approximate surface area is 253 Å². The molecule has 0 fully saturated rings. The summed E-state index contributed by atoms with van der Waals surface area (Å²) >= 11 is 0. The number of nitrogens with one attached hydrogen (secondary N) is 6. The van der Waals surface area contributed by atoms with Gasteiger partial charge in [0.25, 0.3) is 0 Å². The summed E-state index contributed by atoms with van der Waals surface area (Å²) in [7, 11) is 0. The largest absolute Gasteiger partial charge is 0.480 e. The van der Waals surface area contributed by atoms with Crippen LogP contribution in [0.15, 0.2) is 55.5 Å². The molecule has 3 aromatic heterocycles. The lowest BCUT2D eigenvalue weighted by molar-refractivity contribution is -0.142. The lowest BCUT2D eigenvalue weighted by atomic mass is 10.0. The molecule has 4 unspecified atom stereocenters. The predicted molar refractivity (Wildman–Crippen MR) is 161 cm³/mol. The molecule has 0 aliphatic carbocycles. The van der Waals surface area contributed by atoms with E-state index in [1.165, 1.54) is 25.0 Å². The molecule has 3 heterocycles. The molecule has 0 aliphatic heterocycles. The topological polar surface area (TPSA) is 250 Å². The standard InChI is InChI=1S/C29H38N10O5/c30-8-4-3-6-21(31)26(40)37-24(10-18-13-32-15-35-18)28(42)38-23(9-17-12-34-22-7-2-1-5-20(17)22)27(41)39-25(29(43)44)11-19-14-33-16-36-19/h1-2,5,7,12-16,21,23-25,34H,3-4,6,8-11,30-31H2,(H,32,35)(H,33,36)(H,37,40)(H,38,42)(H,39,41)(H,43,44). The Kier molecular flexibility index (Phi) is 11.2. The Morgan fingerprint density at radius 1 is 0.795 bits per heavy atom. The van der Waals surface area contributed by atoms with Crippen molar-refractivity contribution in [3.05, 3.63) is 72.5 Å². The van der Waals surface area contributed by atoms with Gasteiger partial charge in [-0.1, -0.05) is 24.6 Å². The number of aromatic nitrogens is 5. The van der Waals surface area contributed by atoms with E-state index in [1.54, 1.807) is 6.20 Å². The number of nitrogens with zero attached hydrogens (tertiary/aromatic N) is 2. The smallest absolute Gasteiger partial charge is 0.326 e. The number of para-hydroxylation sites is 1. The van der Waals surface area contributed by atoms with Gasteiger partial charge < -0.3 is 47.5 Å². The lowest BCUT2D eigenvalue weighted by Crippen LogP contribution is -2.58. The van der Waals surface area contributed by atoms with Crippen LogP contribution in [-0.2, 0) is 38.4 Å². The number of benzene rings is 1. The highest BCUT2D eigenvalue weighted by molar-refractivity contribution is 5.95. The van der Waals surface area contributed by atoms with E-state index in [2.05, 4.69) is 40.9 Å². The third-order valence-electron chi connectivity index (χ3n) is 7.24. The molecule has 234 valence electrons. The van der Waals surface area contributed by atoms with Crippen molar-refractivity contribution in [3.8, 4) is 0 Å². The molecule has 44 heavy (non-hydrogen) atoms. The fraction of sp³-hybridized carbons (Fsp3) is 0.379. The van der Waals surface area contributed by atoms with Crippen molar-refractivity contribution in [2.75, 3.05) is 6.54 Å². The van der Waals surface area contributed by atoms with Gasteiger partial charge in [-0.2, -0.15) is 0 Å². The van der Waals surface area contributed by atoms with Crippen molar-refractivity contribution in [1.82, 2.24) is 40.9 Å². The average molecular weight is 607 g/mol. The molecular formula is C29H38N10O5. The van der Waals surface area contributed by atoms with Gasteiger partial charge >= 0.3 is 5.97 Å². The van der Waals surface area contributed by atoms with E-state index in [4.69, 9.17) is 11.5 Å². The highest BCUT2D eigenvalue weighted by atomic mass is 16.4. The van der Waals surface area contributed by atoms with Crippen molar-refractivity contribution >= 4 is 34.6 Å². The van der Waals surface area contributed by atoms with E-state index in [-0.39, 0.29) is 19.3 Å². The molecule has 0 spiro atoms. The Balaban J connectivity index is 1.56. The highest BCUT2D eigenvalue weighted by Crippen LogP contribution is 2.19. The second-order valence-corrected chi connectivity index (χ2v) is 10.5. The van der Waals surface area contributed by atoms with Gasteiger partial charge in [-0.15, -0.1) is 0 Å². The van der Waals surface area contributed by atoms with E-state index in [1.807, 2.05) is 24.3 Å². The minimum atomic E-state index is -1.29. The van der Waals surface area contributed by atoms with Crippen LogP contribution in [0.1, 0.15) is 36.2 Å². The Morgan fingerprint density at radius 2 is 1.39 bits per heavy atom. The molecule has 4 rings (SSSR count). The van der Waals surface area contributed by atoms with Crippen LogP contribution in [0.3, 0.4) is 0 Å². The monoisotopic (exact) mass is 606 g/mol. The number of H-pyrrole nitrogens is 3. The predicted octanol–water partition coefficient (Wildman–Crippen LogP) is -0.363. The molecule has 0 aliphatic rings. The summed E-state index contributed by atoms with van der Waals surface area (Å²) in [5, 5.41) is 18.7. The first-order valence-electron chi connectivity index (χ1n) is 14.3. The van der Waals surface area contributed by atoms with Gasteiger partial charge in [0.1, 0.15) is 18.1 Å². The Bertz CT molecular complexity index is 1520. The molecule has 0 saturated heterocycles. The van der Waals surface area contributed by atoms with Gasteiger partial charge in [-0.3, -0.25) is 14.4 Å². The molecule has 15 heteroatoms. The normalized spacial score (nSPS) is 14.0. The van der Waals surface area contributed by atoms with E-state index >= 15 is 0 Å². The van der Waals surface area contributed by atoms with Crippen LogP contribution in [-0.4, -0.2) is 84.4 Å². The summed E-state index contributed by atoms with van der Waals surface area (Å²) in [6.45, 7) is 0.476. The molecule has 4 aromatic rings. The van der Waals surface area contributed by atoms with Crippen LogP contribution in [0.25, 0.3) is 10.9 Å². The Hall–Kier alpha value is -5.02. The van der Waals surface area contributed by atoms with Crippen molar-refractivity contribution in [2.45, 2.75) is 62.7 Å². The third kappa shape index (κ3) is 8.75. The molecule has 0 radical (unpaired) electrons. The fourth-order valence-electron chi connectivity index (χ4n) is 4.83. The summed E-state index contributed by atoms with van der Waals surface area (Å²) in [6.07, 6.45) is 9.38. The fourth-order valence-corrected chi connectivity index (χ4v) is 4.83. The molecular weight excluding hydrogens is 568 g/mol. The number of rotatable bonds is 17. The minimum Gasteiger partial charge on any atom is -0.480 e. The molecule has 0 bridgehead atoms.